The maximum atomic E-state index is 14.0. The van der Waals surface area contributed by atoms with Crippen LogP contribution in [0.15, 0.2) is 71.8 Å². The molecule has 0 saturated carbocycles. The SMILES string of the molecule is O=C(Cn1nnc(-c2ccccc2)n1)N/N=C\c1cc(I)cc(I)c1OCc1ccccc1F. The Morgan fingerprint density at radius 3 is 2.68 bits per heavy atom. The number of aromatic nitrogens is 4. The first-order chi connectivity index (χ1) is 16.5. The van der Waals surface area contributed by atoms with E-state index in [0.717, 1.165) is 12.7 Å². The number of nitrogens with zero attached hydrogens (tertiary/aromatic N) is 5. The molecule has 8 nitrogen and oxygen atoms in total. The second-order valence-corrected chi connectivity index (χ2v) is 9.40. The lowest BCUT2D eigenvalue weighted by Gasteiger charge is -2.12. The number of amides is 1. The number of tetrazole rings is 1. The standard InChI is InChI=1S/C23H17FI2N6O2/c24-19-9-5-4-8-16(19)14-34-22-17(10-18(25)11-20(22)26)12-27-28-21(33)13-32-30-23(29-31-32)15-6-2-1-3-7-15/h1-12H,13-14H2,(H,28,33)/b27-12-. The van der Waals surface area contributed by atoms with Gasteiger partial charge in [-0.1, -0.05) is 48.5 Å². The van der Waals surface area contributed by atoms with Gasteiger partial charge in [0.1, 0.15) is 24.7 Å². The largest absolute Gasteiger partial charge is 0.487 e. The van der Waals surface area contributed by atoms with Gasteiger partial charge in [0, 0.05) is 20.3 Å². The van der Waals surface area contributed by atoms with Gasteiger partial charge >= 0.3 is 0 Å². The van der Waals surface area contributed by atoms with Crippen LogP contribution in [0.5, 0.6) is 5.75 Å². The Bertz CT molecular complexity index is 1330. The van der Waals surface area contributed by atoms with E-state index in [1.54, 1.807) is 18.2 Å². The monoisotopic (exact) mass is 682 g/mol. The summed E-state index contributed by atoms with van der Waals surface area (Å²) in [4.78, 5) is 13.5. The zero-order valence-electron chi connectivity index (χ0n) is 17.5. The van der Waals surface area contributed by atoms with Crippen molar-refractivity contribution >= 4 is 57.3 Å². The average molecular weight is 682 g/mol. The lowest BCUT2D eigenvalue weighted by atomic mass is 10.2. The molecule has 0 aliphatic heterocycles. The molecule has 1 amide bonds. The molecule has 1 aromatic heterocycles. The molecule has 4 aromatic rings. The van der Waals surface area contributed by atoms with E-state index in [2.05, 4.69) is 71.1 Å². The van der Waals surface area contributed by atoms with Crippen molar-refractivity contribution in [2.24, 2.45) is 5.10 Å². The molecule has 0 aliphatic carbocycles. The van der Waals surface area contributed by atoms with Crippen LogP contribution in [0, 0.1) is 13.0 Å². The Kier molecular flexibility index (Phi) is 8.16. The van der Waals surface area contributed by atoms with Gasteiger partial charge in [0.25, 0.3) is 5.91 Å². The summed E-state index contributed by atoms with van der Waals surface area (Å²) in [6.07, 6.45) is 1.49. The summed E-state index contributed by atoms with van der Waals surface area (Å²) in [5, 5.41) is 16.1. The number of hydrogen-bond acceptors (Lipinski definition) is 6. The molecule has 0 fully saturated rings. The molecule has 0 radical (unpaired) electrons. The smallest absolute Gasteiger partial charge is 0.263 e. The Hall–Kier alpha value is -2.94. The van der Waals surface area contributed by atoms with Crippen LogP contribution in [0.2, 0.25) is 0 Å². The first kappa shape index (κ1) is 24.2. The van der Waals surface area contributed by atoms with Crippen LogP contribution in [-0.2, 0) is 17.9 Å². The predicted octanol–water partition coefficient (Wildman–Crippen LogP) is 4.42. The van der Waals surface area contributed by atoms with E-state index in [0.29, 0.717) is 22.7 Å². The van der Waals surface area contributed by atoms with Crippen molar-refractivity contribution in [1.29, 1.82) is 0 Å². The van der Waals surface area contributed by atoms with Gasteiger partial charge in [0.05, 0.1) is 9.78 Å². The van der Waals surface area contributed by atoms with E-state index in [9.17, 15) is 9.18 Å². The van der Waals surface area contributed by atoms with Gasteiger partial charge in [0.15, 0.2) is 0 Å². The number of carbonyl (C=O) groups is 1. The number of hydrazone groups is 1. The third-order valence-electron chi connectivity index (χ3n) is 4.53. The summed E-state index contributed by atoms with van der Waals surface area (Å²) in [6, 6.07) is 19.6. The molecule has 0 spiro atoms. The second kappa shape index (κ2) is 11.5. The van der Waals surface area contributed by atoms with Crippen molar-refractivity contribution in [3.8, 4) is 17.1 Å². The number of carbonyl (C=O) groups excluding carboxylic acids is 1. The van der Waals surface area contributed by atoms with Crippen LogP contribution >= 0.6 is 45.2 Å². The van der Waals surface area contributed by atoms with Gasteiger partial charge < -0.3 is 4.74 Å². The van der Waals surface area contributed by atoms with Crippen molar-refractivity contribution in [2.75, 3.05) is 0 Å². The molecule has 1 N–H and O–H groups in total. The van der Waals surface area contributed by atoms with E-state index in [4.69, 9.17) is 4.74 Å². The third-order valence-corrected chi connectivity index (χ3v) is 5.95. The summed E-state index contributed by atoms with van der Waals surface area (Å²) in [6.45, 7) is -0.0736. The summed E-state index contributed by atoms with van der Waals surface area (Å²) in [5.41, 5.74) is 4.37. The molecular formula is C23H17FI2N6O2. The number of nitrogens with one attached hydrogen (secondary N) is 1. The fourth-order valence-corrected chi connectivity index (χ4v) is 4.99. The maximum absolute atomic E-state index is 14.0. The number of hydrogen-bond donors (Lipinski definition) is 1. The minimum absolute atomic E-state index is 0.0676. The van der Waals surface area contributed by atoms with Crippen LogP contribution in [-0.4, -0.2) is 32.3 Å². The molecule has 0 bridgehead atoms. The van der Waals surface area contributed by atoms with E-state index in [1.807, 2.05) is 42.5 Å². The first-order valence-corrected chi connectivity index (χ1v) is 12.2. The molecule has 4 rings (SSSR count). The van der Waals surface area contributed by atoms with Crippen LogP contribution in [0.4, 0.5) is 4.39 Å². The van der Waals surface area contributed by atoms with Crippen molar-refractivity contribution in [2.45, 2.75) is 13.2 Å². The van der Waals surface area contributed by atoms with Crippen LogP contribution in [0.1, 0.15) is 11.1 Å². The summed E-state index contributed by atoms with van der Waals surface area (Å²) in [5.74, 6) is 0.236. The zero-order chi connectivity index (χ0) is 23.9. The van der Waals surface area contributed by atoms with Crippen molar-refractivity contribution in [3.05, 3.63) is 90.8 Å². The topological polar surface area (TPSA) is 94.3 Å². The molecule has 0 aliphatic rings. The van der Waals surface area contributed by atoms with Crippen molar-refractivity contribution in [1.82, 2.24) is 25.6 Å². The quantitative estimate of drug-likeness (QED) is 0.169. The third kappa shape index (κ3) is 6.34. The zero-order valence-corrected chi connectivity index (χ0v) is 21.8. The van der Waals surface area contributed by atoms with Crippen LogP contribution in [0.25, 0.3) is 11.4 Å². The summed E-state index contributed by atoms with van der Waals surface area (Å²) in [7, 11) is 0. The highest BCUT2D eigenvalue weighted by Crippen LogP contribution is 2.28. The molecule has 1 heterocycles. The molecule has 0 unspecified atom stereocenters. The van der Waals surface area contributed by atoms with Crippen molar-refractivity contribution < 1.29 is 13.9 Å². The number of rotatable bonds is 8. The fourth-order valence-electron chi connectivity index (χ4n) is 2.94. The molecule has 172 valence electrons. The Labute approximate surface area is 221 Å². The Balaban J connectivity index is 1.40. The normalized spacial score (nSPS) is 11.0. The average Bonchev–Trinajstić information content (AvgIpc) is 3.28. The molecule has 34 heavy (non-hydrogen) atoms. The van der Waals surface area contributed by atoms with Gasteiger partial charge in [-0.15, -0.1) is 10.2 Å². The van der Waals surface area contributed by atoms with E-state index in [1.165, 1.54) is 17.1 Å². The van der Waals surface area contributed by atoms with Gasteiger partial charge in [-0.25, -0.2) is 9.82 Å². The lowest BCUT2D eigenvalue weighted by molar-refractivity contribution is -0.122. The highest BCUT2D eigenvalue weighted by molar-refractivity contribution is 14.1. The summed E-state index contributed by atoms with van der Waals surface area (Å²) >= 11 is 4.34. The molecule has 0 atom stereocenters. The molecule has 3 aromatic carbocycles. The second-order valence-electron chi connectivity index (χ2n) is 6.99. The molecular weight excluding hydrogens is 665 g/mol. The number of benzene rings is 3. The van der Waals surface area contributed by atoms with Gasteiger partial charge in [-0.2, -0.15) is 9.90 Å². The lowest BCUT2D eigenvalue weighted by Crippen LogP contribution is -2.24. The van der Waals surface area contributed by atoms with E-state index in [-0.39, 0.29) is 19.0 Å². The fraction of sp³-hybridized carbons (Fsp3) is 0.0870. The minimum atomic E-state index is -0.414. The molecule has 11 heteroatoms. The summed E-state index contributed by atoms with van der Waals surface area (Å²) < 4.78 is 21.7. The highest BCUT2D eigenvalue weighted by atomic mass is 127. The maximum Gasteiger partial charge on any atom is 0.263 e. The van der Waals surface area contributed by atoms with E-state index < -0.39 is 5.91 Å². The van der Waals surface area contributed by atoms with Gasteiger partial charge in [0.2, 0.25) is 5.82 Å². The van der Waals surface area contributed by atoms with Crippen molar-refractivity contribution in [3.63, 3.8) is 0 Å². The molecule has 0 saturated heterocycles. The van der Waals surface area contributed by atoms with Crippen LogP contribution < -0.4 is 10.2 Å². The Morgan fingerprint density at radius 2 is 1.88 bits per heavy atom. The van der Waals surface area contributed by atoms with Gasteiger partial charge in [-0.05, 0) is 68.6 Å². The van der Waals surface area contributed by atoms with E-state index >= 15 is 0 Å². The van der Waals surface area contributed by atoms with Gasteiger partial charge in [-0.3, -0.25) is 4.79 Å². The van der Waals surface area contributed by atoms with Crippen LogP contribution in [0.3, 0.4) is 0 Å². The number of halogens is 3. The number of ether oxygens (including phenoxy) is 1. The minimum Gasteiger partial charge on any atom is -0.487 e. The Morgan fingerprint density at radius 1 is 1.12 bits per heavy atom. The predicted molar refractivity (Wildman–Crippen MR) is 142 cm³/mol. The highest BCUT2D eigenvalue weighted by Gasteiger charge is 2.12. The first-order valence-electron chi connectivity index (χ1n) is 10.00.